The van der Waals surface area contributed by atoms with Crippen LogP contribution < -0.4 is 5.32 Å². The Morgan fingerprint density at radius 3 is 2.75 bits per heavy atom. The van der Waals surface area contributed by atoms with Crippen molar-refractivity contribution in [3.05, 3.63) is 52.8 Å². The molecule has 3 nitrogen and oxygen atoms in total. The van der Waals surface area contributed by atoms with Gasteiger partial charge in [-0.1, -0.05) is 13.0 Å². The van der Waals surface area contributed by atoms with Crippen molar-refractivity contribution in [2.45, 2.75) is 87.4 Å². The van der Waals surface area contributed by atoms with Crippen LogP contribution in [0, 0.1) is 0 Å². The third kappa shape index (κ3) is 2.91. The number of alkyl halides is 3. The maximum atomic E-state index is 13.4. The van der Waals surface area contributed by atoms with Gasteiger partial charge in [0.25, 0.3) is 0 Å². The zero-order valence-corrected chi connectivity index (χ0v) is 18.2. The average Bonchev–Trinajstić information content (AvgIpc) is 3.68. The summed E-state index contributed by atoms with van der Waals surface area (Å²) in [4.78, 5) is 16.6. The Morgan fingerprint density at radius 2 is 2.03 bits per heavy atom. The molecular formula is C26H27F3N2O. The molecule has 1 saturated heterocycles. The van der Waals surface area contributed by atoms with Gasteiger partial charge in [-0.15, -0.1) is 0 Å². The summed E-state index contributed by atoms with van der Waals surface area (Å²) in [6, 6.07) is 4.48. The van der Waals surface area contributed by atoms with Gasteiger partial charge in [-0.05, 0) is 78.8 Å². The Morgan fingerprint density at radius 1 is 1.22 bits per heavy atom. The first-order valence-corrected chi connectivity index (χ1v) is 11.8. The van der Waals surface area contributed by atoms with E-state index in [1.54, 1.807) is 6.07 Å². The van der Waals surface area contributed by atoms with Crippen LogP contribution in [0.15, 0.2) is 30.6 Å². The van der Waals surface area contributed by atoms with E-state index in [-0.39, 0.29) is 22.9 Å². The molecular weight excluding hydrogens is 413 g/mol. The quantitative estimate of drug-likeness (QED) is 0.607. The Labute approximate surface area is 185 Å². The van der Waals surface area contributed by atoms with Gasteiger partial charge in [-0.2, -0.15) is 13.2 Å². The van der Waals surface area contributed by atoms with E-state index in [1.807, 2.05) is 19.3 Å². The number of nitrogens with zero attached hydrogens (tertiary/aromatic N) is 1. The fourth-order valence-corrected chi connectivity index (χ4v) is 6.41. The summed E-state index contributed by atoms with van der Waals surface area (Å²) in [5, 5.41) is 3.64. The van der Waals surface area contributed by atoms with E-state index in [0.29, 0.717) is 18.6 Å². The second kappa shape index (κ2) is 6.66. The molecule has 3 fully saturated rings. The number of aromatic nitrogens is 1. The summed E-state index contributed by atoms with van der Waals surface area (Å²) >= 11 is 0. The van der Waals surface area contributed by atoms with Gasteiger partial charge in [-0.3, -0.25) is 9.78 Å². The van der Waals surface area contributed by atoms with Crippen molar-refractivity contribution in [3.8, 4) is 11.1 Å². The van der Waals surface area contributed by atoms with Crippen molar-refractivity contribution in [2.24, 2.45) is 0 Å². The van der Waals surface area contributed by atoms with Crippen LogP contribution in [0.25, 0.3) is 11.1 Å². The smallest absolute Gasteiger partial charge is 0.304 e. The number of fused-ring (bicyclic) bond motifs is 3. The molecule has 2 spiro atoms. The molecule has 1 aromatic carbocycles. The summed E-state index contributed by atoms with van der Waals surface area (Å²) in [5.41, 5.74) is 4.71. The molecule has 168 valence electrons. The maximum absolute atomic E-state index is 13.4. The van der Waals surface area contributed by atoms with Crippen molar-refractivity contribution in [3.63, 3.8) is 0 Å². The first-order valence-electron chi connectivity index (χ1n) is 11.8. The molecule has 3 aliphatic carbocycles. The third-order valence-electron chi connectivity index (χ3n) is 8.37. The summed E-state index contributed by atoms with van der Waals surface area (Å²) in [7, 11) is 0. The van der Waals surface area contributed by atoms with Crippen LogP contribution >= 0.6 is 0 Å². The van der Waals surface area contributed by atoms with Crippen molar-refractivity contribution >= 4 is 5.78 Å². The Bertz CT molecular complexity index is 1120. The maximum Gasteiger partial charge on any atom is 0.416 e. The zero-order valence-electron chi connectivity index (χ0n) is 18.2. The Kier molecular flexibility index (Phi) is 4.24. The number of rotatable bonds is 5. The van der Waals surface area contributed by atoms with Crippen LogP contribution in [0.3, 0.4) is 0 Å². The zero-order chi connectivity index (χ0) is 22.3. The summed E-state index contributed by atoms with van der Waals surface area (Å²) in [5.74, 6) is 0.505. The van der Waals surface area contributed by atoms with E-state index in [9.17, 15) is 18.0 Å². The molecule has 0 radical (unpaired) electrons. The van der Waals surface area contributed by atoms with Crippen LogP contribution in [-0.2, 0) is 22.8 Å². The lowest BCUT2D eigenvalue weighted by Crippen LogP contribution is -2.24. The van der Waals surface area contributed by atoms with Gasteiger partial charge in [0.15, 0.2) is 0 Å². The molecule has 3 atom stereocenters. The van der Waals surface area contributed by atoms with Gasteiger partial charge in [-0.25, -0.2) is 0 Å². The van der Waals surface area contributed by atoms with Gasteiger partial charge in [0.05, 0.1) is 5.56 Å². The van der Waals surface area contributed by atoms with Crippen molar-refractivity contribution < 1.29 is 18.0 Å². The molecule has 2 aromatic rings. The van der Waals surface area contributed by atoms with Gasteiger partial charge in [0, 0.05) is 47.8 Å². The molecule has 2 heterocycles. The number of benzene rings is 1. The summed E-state index contributed by atoms with van der Waals surface area (Å²) < 4.78 is 40.1. The molecule has 2 unspecified atom stereocenters. The number of carbonyl (C=O) groups is 1. The minimum absolute atomic E-state index is 0.0206. The van der Waals surface area contributed by atoms with E-state index < -0.39 is 11.7 Å². The monoisotopic (exact) mass is 440 g/mol. The fraction of sp³-hybridized carbons (Fsp3) is 0.538. The minimum atomic E-state index is -4.33. The fourth-order valence-electron chi connectivity index (χ4n) is 6.41. The average molecular weight is 441 g/mol. The standard InChI is InChI=1S/C26H27F3N2O/c1-2-17(32)11-23-25(31-23)14-24(25)9-3-4-19-21(12-30-13-22(19)24)18-8-7-16(26(27,28)29)10-20(18)15-5-6-15/h7-8,10,12-13,15,23,31H,2-6,9,11,14H2,1H3/t23?,24-,25?/m1/s1. The van der Waals surface area contributed by atoms with Crippen LogP contribution in [0.1, 0.15) is 80.0 Å². The number of pyridine rings is 1. The van der Waals surface area contributed by atoms with Crippen LogP contribution in [0.4, 0.5) is 13.2 Å². The highest BCUT2D eigenvalue weighted by atomic mass is 19.4. The lowest BCUT2D eigenvalue weighted by atomic mass is 9.76. The predicted molar refractivity (Wildman–Crippen MR) is 115 cm³/mol. The SMILES string of the molecule is CCC(=O)CC1NC12C[C@@]21CCCc2c(-c3ccc(C(F)(F)F)cc3C3CC3)cncc21. The molecule has 0 amide bonds. The summed E-state index contributed by atoms with van der Waals surface area (Å²) in [6.07, 6.45) is 6.64. The normalized spacial score (nSPS) is 30.4. The molecule has 1 aromatic heterocycles. The highest BCUT2D eigenvalue weighted by Crippen LogP contribution is 2.71. The molecule has 1 N–H and O–H groups in total. The highest BCUT2D eigenvalue weighted by Gasteiger charge is 2.80. The molecule has 6 rings (SSSR count). The predicted octanol–water partition coefficient (Wildman–Crippen LogP) is 5.70. The van der Waals surface area contributed by atoms with Crippen molar-refractivity contribution in [2.75, 3.05) is 0 Å². The number of hydrogen-bond acceptors (Lipinski definition) is 3. The third-order valence-corrected chi connectivity index (χ3v) is 8.37. The lowest BCUT2D eigenvalue weighted by Gasteiger charge is -2.28. The number of halogens is 3. The summed E-state index contributed by atoms with van der Waals surface area (Å²) in [6.45, 7) is 1.91. The van der Waals surface area contributed by atoms with Crippen molar-refractivity contribution in [1.29, 1.82) is 0 Å². The number of ketones is 1. The van der Waals surface area contributed by atoms with E-state index in [1.165, 1.54) is 23.3 Å². The molecule has 1 aliphatic heterocycles. The highest BCUT2D eigenvalue weighted by molar-refractivity contribution is 5.80. The second-order valence-electron chi connectivity index (χ2n) is 10.2. The van der Waals surface area contributed by atoms with Gasteiger partial charge >= 0.3 is 6.18 Å². The molecule has 32 heavy (non-hydrogen) atoms. The van der Waals surface area contributed by atoms with Crippen LogP contribution in [-0.4, -0.2) is 22.3 Å². The number of nitrogens with one attached hydrogen (secondary N) is 1. The van der Waals surface area contributed by atoms with E-state index in [2.05, 4.69) is 10.3 Å². The van der Waals surface area contributed by atoms with E-state index >= 15 is 0 Å². The lowest BCUT2D eigenvalue weighted by molar-refractivity contribution is -0.137. The van der Waals surface area contributed by atoms with Crippen molar-refractivity contribution in [1.82, 2.24) is 10.3 Å². The second-order valence-corrected chi connectivity index (χ2v) is 10.2. The topological polar surface area (TPSA) is 51.9 Å². The van der Waals surface area contributed by atoms with E-state index in [4.69, 9.17) is 0 Å². The Balaban J connectivity index is 1.40. The number of hydrogen-bond donors (Lipinski definition) is 1. The number of carbonyl (C=O) groups excluding carboxylic acids is 1. The van der Waals surface area contributed by atoms with Crippen LogP contribution in [0.5, 0.6) is 0 Å². The molecule has 0 bridgehead atoms. The first kappa shape index (κ1) is 20.4. The van der Waals surface area contributed by atoms with Gasteiger partial charge in [0.1, 0.15) is 5.78 Å². The largest absolute Gasteiger partial charge is 0.416 e. The first-order chi connectivity index (χ1) is 15.3. The number of Topliss-reactive ketones (excluding diaryl/α,β-unsaturated/α-hetero) is 1. The molecule has 4 aliphatic rings. The van der Waals surface area contributed by atoms with Gasteiger partial charge < -0.3 is 5.32 Å². The van der Waals surface area contributed by atoms with Crippen LogP contribution in [0.2, 0.25) is 0 Å². The van der Waals surface area contributed by atoms with E-state index in [0.717, 1.165) is 55.2 Å². The molecule has 2 saturated carbocycles. The molecule has 6 heteroatoms. The minimum Gasteiger partial charge on any atom is -0.304 e. The van der Waals surface area contributed by atoms with Gasteiger partial charge in [0.2, 0.25) is 0 Å². The Hall–Kier alpha value is -2.21.